The van der Waals surface area contributed by atoms with Crippen molar-refractivity contribution in [2.45, 2.75) is 180 Å². The van der Waals surface area contributed by atoms with E-state index < -0.39 is 32.5 Å². The Morgan fingerprint density at radius 2 is 1.09 bits per heavy atom. The van der Waals surface area contributed by atoms with Crippen LogP contribution in [0, 0.1) is 0 Å². The highest BCUT2D eigenvalue weighted by Crippen LogP contribution is 2.38. The molecule has 53 heavy (non-hydrogen) atoms. The first-order chi connectivity index (χ1) is 25.5. The minimum absolute atomic E-state index is 0.0449. The maximum Gasteiger partial charge on any atom is 0.330 e. The first kappa shape index (κ1) is 51.2. The van der Waals surface area contributed by atoms with E-state index in [9.17, 15) is 19.0 Å². The van der Waals surface area contributed by atoms with Crippen molar-refractivity contribution in [1.82, 2.24) is 0 Å². The second-order valence-electron chi connectivity index (χ2n) is 15.4. The maximum atomic E-state index is 12.6. The lowest BCUT2D eigenvalue weighted by atomic mass is 10.1. The Hall–Kier alpha value is -1.77. The SMILES string of the molecule is CCCCCCC/C=C/CCCCCCCC(=O)O[C@H](COC(=O)/C=C/C=C/CCCCCCCCCCCCC)COP(=O)([O-])OCC[N+](C)(C)C. The van der Waals surface area contributed by atoms with Crippen LogP contribution >= 0.6 is 7.82 Å². The molecule has 0 N–H and O–H groups in total. The van der Waals surface area contributed by atoms with Gasteiger partial charge in [0.15, 0.2) is 6.10 Å². The Bertz CT molecular complexity index is 1010. The van der Waals surface area contributed by atoms with E-state index in [1.807, 2.05) is 33.3 Å². The van der Waals surface area contributed by atoms with Gasteiger partial charge in [0.25, 0.3) is 7.82 Å². The standard InChI is InChI=1S/C43H80NO8P/c1-6-8-10-12-14-16-18-20-22-24-25-27-29-31-33-35-42(45)49-39-41(40-51-53(47,48)50-38-37-44(3,4)5)52-43(46)36-34-32-30-28-26-23-21-19-17-15-13-11-9-7-2/h19,21,29,31,33,35,41H,6-18,20,22-28,30,32,34,36-40H2,1-5H3/b21-19+,31-29+,35-33+/t41-/m1/s1. The van der Waals surface area contributed by atoms with E-state index in [0.717, 1.165) is 44.9 Å². The van der Waals surface area contributed by atoms with Crippen molar-refractivity contribution >= 4 is 19.8 Å². The average Bonchev–Trinajstić information content (AvgIpc) is 3.10. The van der Waals surface area contributed by atoms with E-state index in [-0.39, 0.29) is 19.6 Å². The van der Waals surface area contributed by atoms with Crippen molar-refractivity contribution in [2.24, 2.45) is 0 Å². The van der Waals surface area contributed by atoms with Crippen LogP contribution in [0.3, 0.4) is 0 Å². The molecular weight excluding hydrogens is 689 g/mol. The third-order valence-electron chi connectivity index (χ3n) is 8.99. The minimum atomic E-state index is -4.64. The van der Waals surface area contributed by atoms with Crippen molar-refractivity contribution in [3.05, 3.63) is 36.5 Å². The lowest BCUT2D eigenvalue weighted by molar-refractivity contribution is -0.870. The number of rotatable bonds is 38. The zero-order valence-electron chi connectivity index (χ0n) is 34.7. The van der Waals surface area contributed by atoms with E-state index in [2.05, 4.69) is 26.0 Å². The summed E-state index contributed by atoms with van der Waals surface area (Å²) in [7, 11) is 1.12. The minimum Gasteiger partial charge on any atom is -0.756 e. The third kappa shape index (κ3) is 39.7. The molecule has 0 amide bonds. The highest BCUT2D eigenvalue weighted by Gasteiger charge is 2.21. The molecule has 0 aliphatic rings. The molecule has 0 aromatic carbocycles. The molecule has 0 rings (SSSR count). The molecule has 2 atom stereocenters. The van der Waals surface area contributed by atoms with E-state index in [1.54, 1.807) is 6.08 Å². The van der Waals surface area contributed by atoms with Crippen molar-refractivity contribution in [3.8, 4) is 0 Å². The summed E-state index contributed by atoms with van der Waals surface area (Å²) in [6.45, 7) is 4.07. The Morgan fingerprint density at radius 3 is 1.60 bits per heavy atom. The third-order valence-corrected chi connectivity index (χ3v) is 9.95. The number of allylic oxidation sites excluding steroid dienone is 5. The van der Waals surface area contributed by atoms with Gasteiger partial charge < -0.3 is 27.9 Å². The fraction of sp³-hybridized carbons (Fsp3) is 0.814. The number of phosphoric ester groups is 1. The number of hydrogen-bond acceptors (Lipinski definition) is 8. The van der Waals surface area contributed by atoms with E-state index in [0.29, 0.717) is 17.4 Å². The van der Waals surface area contributed by atoms with Gasteiger partial charge in [-0.05, 0) is 44.9 Å². The van der Waals surface area contributed by atoms with Crippen LogP contribution in [0.2, 0.25) is 0 Å². The van der Waals surface area contributed by atoms with Crippen LogP contribution in [0.1, 0.15) is 174 Å². The average molecular weight is 770 g/mol. The van der Waals surface area contributed by atoms with Crippen LogP contribution in [0.15, 0.2) is 36.5 Å². The summed E-state index contributed by atoms with van der Waals surface area (Å²) < 4.78 is 33.6. The Morgan fingerprint density at radius 1 is 0.623 bits per heavy atom. The summed E-state index contributed by atoms with van der Waals surface area (Å²) in [6.07, 6.45) is 39.4. The van der Waals surface area contributed by atoms with Gasteiger partial charge in [-0.3, -0.25) is 9.36 Å². The largest absolute Gasteiger partial charge is 0.756 e. The number of hydrogen-bond donors (Lipinski definition) is 0. The zero-order chi connectivity index (χ0) is 39.3. The highest BCUT2D eigenvalue weighted by atomic mass is 31.2. The molecule has 0 aromatic rings. The molecule has 0 spiro atoms. The molecule has 0 heterocycles. The second-order valence-corrected chi connectivity index (χ2v) is 16.8. The van der Waals surface area contributed by atoms with Crippen LogP contribution in [-0.4, -0.2) is 70.0 Å². The number of quaternary nitrogens is 1. The lowest BCUT2D eigenvalue weighted by Crippen LogP contribution is -2.37. The summed E-state index contributed by atoms with van der Waals surface area (Å²) in [5.41, 5.74) is 0. The van der Waals surface area contributed by atoms with Gasteiger partial charge in [0.05, 0.1) is 27.7 Å². The van der Waals surface area contributed by atoms with Crippen LogP contribution in [0.5, 0.6) is 0 Å². The van der Waals surface area contributed by atoms with Crippen LogP contribution < -0.4 is 4.89 Å². The number of nitrogens with zero attached hydrogens (tertiary/aromatic N) is 1. The predicted octanol–water partition coefficient (Wildman–Crippen LogP) is 11.1. The van der Waals surface area contributed by atoms with Crippen LogP contribution in [-0.2, 0) is 32.7 Å². The maximum absolute atomic E-state index is 12.6. The van der Waals surface area contributed by atoms with Crippen molar-refractivity contribution < 1.29 is 42.1 Å². The summed E-state index contributed by atoms with van der Waals surface area (Å²) >= 11 is 0. The molecule has 0 bridgehead atoms. The highest BCUT2D eigenvalue weighted by molar-refractivity contribution is 7.45. The molecular formula is C43H80NO8P. The molecule has 0 aliphatic heterocycles. The van der Waals surface area contributed by atoms with Crippen molar-refractivity contribution in [3.63, 3.8) is 0 Å². The molecule has 0 saturated carbocycles. The topological polar surface area (TPSA) is 111 Å². The quantitative estimate of drug-likeness (QED) is 0.0116. The number of phosphoric acid groups is 1. The van der Waals surface area contributed by atoms with Crippen molar-refractivity contribution in [1.29, 1.82) is 0 Å². The number of carbonyl (C=O) groups is 2. The summed E-state index contributed by atoms with van der Waals surface area (Å²) in [5.74, 6) is -1.10. The summed E-state index contributed by atoms with van der Waals surface area (Å²) in [4.78, 5) is 37.3. The molecule has 10 heteroatoms. The van der Waals surface area contributed by atoms with Gasteiger partial charge >= 0.3 is 11.9 Å². The number of unbranched alkanes of at least 4 members (excludes halogenated alkanes) is 21. The number of esters is 2. The Labute approximate surface area is 325 Å². The molecule has 0 saturated heterocycles. The molecule has 9 nitrogen and oxygen atoms in total. The normalized spacial score (nSPS) is 14.0. The van der Waals surface area contributed by atoms with Gasteiger partial charge in [0.2, 0.25) is 0 Å². The first-order valence-corrected chi connectivity index (χ1v) is 22.7. The molecule has 310 valence electrons. The van der Waals surface area contributed by atoms with Crippen molar-refractivity contribution in [2.75, 3.05) is 47.5 Å². The van der Waals surface area contributed by atoms with Gasteiger partial charge in [-0.2, -0.15) is 0 Å². The fourth-order valence-corrected chi connectivity index (χ4v) is 6.35. The van der Waals surface area contributed by atoms with Gasteiger partial charge in [0, 0.05) is 12.5 Å². The smallest absolute Gasteiger partial charge is 0.330 e. The predicted molar refractivity (Wildman–Crippen MR) is 217 cm³/mol. The van der Waals surface area contributed by atoms with Crippen LogP contribution in [0.4, 0.5) is 0 Å². The fourth-order valence-electron chi connectivity index (χ4n) is 5.62. The van der Waals surface area contributed by atoms with Gasteiger partial charge in [-0.1, -0.05) is 153 Å². The Kier molecular flexibility index (Phi) is 34.7. The number of likely N-dealkylation sites (N-methyl/N-ethyl adjacent to an activating group) is 1. The van der Waals surface area contributed by atoms with E-state index in [1.165, 1.54) is 109 Å². The summed E-state index contributed by atoms with van der Waals surface area (Å²) in [5, 5.41) is 0. The van der Waals surface area contributed by atoms with E-state index in [4.69, 9.17) is 18.5 Å². The summed E-state index contributed by atoms with van der Waals surface area (Å²) in [6, 6.07) is 0. The molecule has 1 unspecified atom stereocenters. The number of ether oxygens (including phenoxy) is 2. The Balaban J connectivity index is 4.50. The van der Waals surface area contributed by atoms with Gasteiger partial charge in [-0.15, -0.1) is 0 Å². The van der Waals surface area contributed by atoms with Gasteiger partial charge in [-0.25, -0.2) is 4.79 Å². The zero-order valence-corrected chi connectivity index (χ0v) is 35.6. The molecule has 0 aliphatic carbocycles. The first-order valence-electron chi connectivity index (χ1n) is 21.2. The molecule has 0 fully saturated rings. The second kappa shape index (κ2) is 35.9. The molecule has 0 aromatic heterocycles. The van der Waals surface area contributed by atoms with Gasteiger partial charge in [0.1, 0.15) is 19.8 Å². The monoisotopic (exact) mass is 770 g/mol. The number of carbonyl (C=O) groups excluding carboxylic acids is 2. The lowest BCUT2D eigenvalue weighted by Gasteiger charge is -2.28. The van der Waals surface area contributed by atoms with E-state index >= 15 is 0 Å². The van der Waals surface area contributed by atoms with Crippen LogP contribution in [0.25, 0.3) is 0 Å². The molecule has 0 radical (unpaired) electrons.